The topological polar surface area (TPSA) is 35.2 Å². The maximum absolute atomic E-state index is 8.66. The molecule has 0 aliphatic carbocycles. The van der Waals surface area contributed by atoms with E-state index in [1.165, 1.54) is 10.8 Å². The standard InChI is InChI=1S/C66H59N4OSi.Pt/c1-42-33-43(35-45(34-42)66(5,6)7)50-24-17-25-57-53-21-13-11-19-51(53)52-20-12-14-22-54(52)58-26-18-28-60-64(58)69(63(50)57)41-68(60)46-37-48(39-49(38-46)72(8,9)10)71-47-29-30-56-55-23-15-16-27-59(55)70(61(56)40-47)62-36-44(31-32-67-62)65(2,3)4;/h11-36,38-39,41H,1-10H3;/q-3;/i1D3;. The minimum Gasteiger partial charge on any atom is -0.509 e. The molecule has 73 heavy (non-hydrogen) atoms. The molecule has 0 spiro atoms. The fourth-order valence-corrected chi connectivity index (χ4v) is 11.7. The molecule has 0 bridgehead atoms. The Balaban J connectivity index is 0.00000616. The summed E-state index contributed by atoms with van der Waals surface area (Å²) in [6, 6.07) is 65.1. The van der Waals surface area contributed by atoms with Crippen LogP contribution in [0.15, 0.2) is 170 Å². The molecule has 0 unspecified atom stereocenters. The summed E-state index contributed by atoms with van der Waals surface area (Å²) in [5, 5.41) is 9.95. The minimum absolute atomic E-state index is 0. The molecule has 366 valence electrons. The summed E-state index contributed by atoms with van der Waals surface area (Å²) < 4.78 is 37.5. The zero-order valence-electron chi connectivity index (χ0n) is 45.8. The van der Waals surface area contributed by atoms with Crippen molar-refractivity contribution in [1.82, 2.24) is 14.1 Å². The molecular formula is C66H59N4OPtSi-3. The van der Waals surface area contributed by atoms with Crippen LogP contribution in [0, 0.1) is 25.7 Å². The van der Waals surface area contributed by atoms with Crippen LogP contribution in [0.3, 0.4) is 0 Å². The first kappa shape index (κ1) is 44.6. The van der Waals surface area contributed by atoms with Gasteiger partial charge in [-0.15, -0.1) is 35.7 Å². The Kier molecular flexibility index (Phi) is 10.9. The largest absolute Gasteiger partial charge is 0.509 e. The second-order valence-electron chi connectivity index (χ2n) is 22.4. The monoisotopic (exact) mass is 1150 g/mol. The van der Waals surface area contributed by atoms with E-state index in [-0.39, 0.29) is 31.9 Å². The molecule has 5 nitrogen and oxygen atoms in total. The molecule has 0 fully saturated rings. The van der Waals surface area contributed by atoms with E-state index in [0.717, 1.165) is 99.0 Å². The first-order valence-electron chi connectivity index (χ1n) is 26.4. The third-order valence-electron chi connectivity index (χ3n) is 14.4. The number of hydrogen-bond acceptors (Lipinski definition) is 3. The predicted octanol–water partition coefficient (Wildman–Crippen LogP) is 17.3. The van der Waals surface area contributed by atoms with Gasteiger partial charge in [0, 0.05) is 54.1 Å². The van der Waals surface area contributed by atoms with Gasteiger partial charge < -0.3 is 18.8 Å². The predicted molar refractivity (Wildman–Crippen MR) is 307 cm³/mol. The second kappa shape index (κ2) is 17.8. The SMILES string of the molecule is [2H]C([2H])([2H])c1cc(-c2cccc3c4ccccc4c4ccccc4c4cccc5c4n(c23)[CH-]N5c2[c-]c(Oc3[c-]c4c(cc3)c3ccccc3n4-c3cc(C(C)(C)C)ccn3)cc([Si](C)(C)C)c2)cc(C(C)(C)C)c1.[Pt]. The molecule has 8 aromatic carbocycles. The van der Waals surface area contributed by atoms with Crippen LogP contribution in [0.4, 0.5) is 11.4 Å². The van der Waals surface area contributed by atoms with Gasteiger partial charge in [0.1, 0.15) is 5.82 Å². The number of benzene rings is 8. The third-order valence-corrected chi connectivity index (χ3v) is 16.5. The zero-order chi connectivity index (χ0) is 52.3. The smallest absolute Gasteiger partial charge is 0.135 e. The number of para-hydroxylation sites is 3. The van der Waals surface area contributed by atoms with E-state index >= 15 is 0 Å². The Hall–Kier alpha value is -7.11. The number of aryl methyl sites for hydroxylation is 1. The van der Waals surface area contributed by atoms with Gasteiger partial charge in [-0.1, -0.05) is 193 Å². The van der Waals surface area contributed by atoms with Crippen LogP contribution in [-0.4, -0.2) is 22.2 Å². The van der Waals surface area contributed by atoms with E-state index in [4.69, 9.17) is 13.8 Å². The van der Waals surface area contributed by atoms with E-state index in [2.05, 4.69) is 240 Å². The van der Waals surface area contributed by atoms with Crippen LogP contribution in [0.2, 0.25) is 19.6 Å². The molecule has 4 heterocycles. The second-order valence-corrected chi connectivity index (χ2v) is 27.5. The molecule has 0 radical (unpaired) electrons. The Labute approximate surface area is 448 Å². The molecule has 0 atom stereocenters. The molecule has 11 aromatic rings. The number of nitrogens with zero attached hydrogens (tertiary/aromatic N) is 4. The molecule has 0 amide bonds. The van der Waals surface area contributed by atoms with Gasteiger partial charge in [-0.25, -0.2) is 4.98 Å². The zero-order valence-corrected chi connectivity index (χ0v) is 46.0. The Morgan fingerprint density at radius 2 is 1.21 bits per heavy atom. The van der Waals surface area contributed by atoms with Gasteiger partial charge in [-0.3, -0.25) is 0 Å². The van der Waals surface area contributed by atoms with Gasteiger partial charge in [0.25, 0.3) is 0 Å². The number of pyridine rings is 1. The van der Waals surface area contributed by atoms with Gasteiger partial charge >= 0.3 is 0 Å². The Bertz CT molecular complexity index is 4180. The number of fused-ring (bicyclic) bond motifs is 10. The van der Waals surface area contributed by atoms with Crippen molar-refractivity contribution in [3.63, 3.8) is 0 Å². The van der Waals surface area contributed by atoms with Crippen molar-refractivity contribution in [1.29, 1.82) is 0 Å². The van der Waals surface area contributed by atoms with Gasteiger partial charge in [-0.2, -0.15) is 11.3 Å². The summed E-state index contributed by atoms with van der Waals surface area (Å²) in [6.07, 6.45) is 1.90. The fourth-order valence-electron chi connectivity index (χ4n) is 10.6. The van der Waals surface area contributed by atoms with Crippen molar-refractivity contribution >= 4 is 89.8 Å². The Morgan fingerprint density at radius 3 is 1.88 bits per heavy atom. The van der Waals surface area contributed by atoms with Crippen molar-refractivity contribution in [2.24, 2.45) is 0 Å². The van der Waals surface area contributed by atoms with E-state index in [0.29, 0.717) is 17.1 Å². The number of anilines is 2. The molecule has 1 aliphatic rings. The van der Waals surface area contributed by atoms with Crippen molar-refractivity contribution in [3.8, 4) is 28.4 Å². The molecular weight excluding hydrogens is 1090 g/mol. The van der Waals surface area contributed by atoms with Gasteiger partial charge in [-0.05, 0) is 120 Å². The number of rotatable bonds is 6. The first-order valence-corrected chi connectivity index (χ1v) is 28.4. The Morgan fingerprint density at radius 1 is 0.575 bits per heavy atom. The molecule has 1 aliphatic heterocycles. The van der Waals surface area contributed by atoms with Crippen molar-refractivity contribution in [2.75, 3.05) is 4.90 Å². The summed E-state index contributed by atoms with van der Waals surface area (Å²) in [7, 11) is -2.00. The molecule has 12 rings (SSSR count). The van der Waals surface area contributed by atoms with Crippen molar-refractivity contribution < 1.29 is 29.9 Å². The van der Waals surface area contributed by atoms with E-state index in [9.17, 15) is 0 Å². The molecule has 0 saturated carbocycles. The van der Waals surface area contributed by atoms with Gasteiger partial charge in [0.15, 0.2) is 0 Å². The summed E-state index contributed by atoms with van der Waals surface area (Å²) in [5.41, 5.74) is 9.61. The minimum atomic E-state index is -2.31. The van der Waals surface area contributed by atoms with Gasteiger partial charge in [0.2, 0.25) is 0 Å². The molecule has 3 aromatic heterocycles. The van der Waals surface area contributed by atoms with E-state index in [1.807, 2.05) is 24.4 Å². The van der Waals surface area contributed by atoms with Crippen molar-refractivity contribution in [2.45, 2.75) is 78.9 Å². The molecule has 0 N–H and O–H groups in total. The van der Waals surface area contributed by atoms with E-state index in [1.54, 1.807) is 0 Å². The van der Waals surface area contributed by atoms with Crippen LogP contribution in [0.1, 0.15) is 62.3 Å². The summed E-state index contributed by atoms with van der Waals surface area (Å²) in [5.74, 6) is 2.00. The van der Waals surface area contributed by atoms with Crippen LogP contribution >= 0.6 is 0 Å². The van der Waals surface area contributed by atoms with Crippen LogP contribution in [0.5, 0.6) is 11.5 Å². The normalized spacial score (nSPS) is 13.5. The van der Waals surface area contributed by atoms with Gasteiger partial charge in [0.05, 0.1) is 8.07 Å². The number of ether oxygens (including phenoxy) is 1. The molecule has 7 heteroatoms. The van der Waals surface area contributed by atoms with Crippen LogP contribution in [0.25, 0.3) is 82.1 Å². The quantitative estimate of drug-likeness (QED) is 0.123. The average molecular weight is 1150 g/mol. The number of hydrogen-bond donors (Lipinski definition) is 0. The van der Waals surface area contributed by atoms with Crippen molar-refractivity contribution in [3.05, 3.63) is 205 Å². The molecule has 0 saturated heterocycles. The fraction of sp³-hybridized carbons (Fsp3) is 0.182. The van der Waals surface area contributed by atoms with Crippen LogP contribution < -0.4 is 14.8 Å². The number of aromatic nitrogens is 3. The maximum atomic E-state index is 8.66. The summed E-state index contributed by atoms with van der Waals surface area (Å²) in [6.45, 7) is 20.1. The maximum Gasteiger partial charge on any atom is 0.135 e. The summed E-state index contributed by atoms with van der Waals surface area (Å²) >= 11 is 0. The third kappa shape index (κ3) is 8.39. The average Bonchev–Trinajstić information content (AvgIpc) is 3.94. The van der Waals surface area contributed by atoms with E-state index < -0.39 is 14.9 Å². The summed E-state index contributed by atoms with van der Waals surface area (Å²) in [4.78, 5) is 7.17. The first-order chi connectivity index (χ1) is 35.7. The van der Waals surface area contributed by atoms with Crippen LogP contribution in [-0.2, 0) is 31.9 Å².